The van der Waals surface area contributed by atoms with Crippen molar-refractivity contribution in [2.24, 2.45) is 0 Å². The molecular formula is C49H31N3O. The zero-order valence-corrected chi connectivity index (χ0v) is 28.6. The van der Waals surface area contributed by atoms with Crippen molar-refractivity contribution in [1.29, 1.82) is 0 Å². The van der Waals surface area contributed by atoms with Crippen LogP contribution in [-0.4, -0.2) is 15.0 Å². The van der Waals surface area contributed by atoms with Crippen molar-refractivity contribution in [3.05, 3.63) is 188 Å². The fourth-order valence-electron chi connectivity index (χ4n) is 7.29. The molecule has 2 heterocycles. The first-order valence-electron chi connectivity index (χ1n) is 17.8. The molecule has 0 amide bonds. The third kappa shape index (κ3) is 5.63. The van der Waals surface area contributed by atoms with Crippen molar-refractivity contribution >= 4 is 32.7 Å². The van der Waals surface area contributed by atoms with Crippen LogP contribution in [0.4, 0.5) is 0 Å². The van der Waals surface area contributed by atoms with Crippen molar-refractivity contribution in [2.45, 2.75) is 0 Å². The quantitative estimate of drug-likeness (QED) is 0.176. The molecule has 10 aromatic rings. The number of furan rings is 1. The lowest BCUT2D eigenvalue weighted by atomic mass is 9.95. The van der Waals surface area contributed by atoms with Gasteiger partial charge in [0.15, 0.2) is 17.5 Å². The van der Waals surface area contributed by atoms with E-state index in [9.17, 15) is 0 Å². The first-order valence-corrected chi connectivity index (χ1v) is 17.8. The van der Waals surface area contributed by atoms with E-state index in [1.165, 1.54) is 16.5 Å². The zero-order valence-electron chi connectivity index (χ0n) is 28.6. The number of fused-ring (bicyclic) bond motifs is 5. The lowest BCUT2D eigenvalue weighted by molar-refractivity contribution is 0.673. The van der Waals surface area contributed by atoms with E-state index in [0.717, 1.165) is 66.3 Å². The Labute approximate surface area is 306 Å². The summed E-state index contributed by atoms with van der Waals surface area (Å²) in [4.78, 5) is 14.8. The van der Waals surface area contributed by atoms with Gasteiger partial charge in [0.2, 0.25) is 0 Å². The van der Waals surface area contributed by atoms with Gasteiger partial charge in [-0.1, -0.05) is 158 Å². The molecule has 0 aliphatic carbocycles. The van der Waals surface area contributed by atoms with Gasteiger partial charge in [0.1, 0.15) is 11.2 Å². The molecule has 248 valence electrons. The molecule has 0 N–H and O–H groups in total. The minimum absolute atomic E-state index is 0.633. The third-order valence-electron chi connectivity index (χ3n) is 9.91. The smallest absolute Gasteiger partial charge is 0.164 e. The molecular weight excluding hydrogens is 647 g/mol. The van der Waals surface area contributed by atoms with Crippen LogP contribution in [0.3, 0.4) is 0 Å². The number of hydrogen-bond donors (Lipinski definition) is 0. The second-order valence-corrected chi connectivity index (χ2v) is 13.2. The Hall–Kier alpha value is -7.17. The normalized spacial score (nSPS) is 11.4. The Bertz CT molecular complexity index is 2880. The highest BCUT2D eigenvalue weighted by Gasteiger charge is 2.16. The molecule has 2 aromatic heterocycles. The second-order valence-electron chi connectivity index (χ2n) is 13.2. The second kappa shape index (κ2) is 12.9. The van der Waals surface area contributed by atoms with E-state index in [4.69, 9.17) is 19.4 Å². The molecule has 0 saturated heterocycles. The number of rotatable bonds is 6. The molecule has 0 saturated carbocycles. The summed E-state index contributed by atoms with van der Waals surface area (Å²) in [7, 11) is 0. The summed E-state index contributed by atoms with van der Waals surface area (Å²) >= 11 is 0. The van der Waals surface area contributed by atoms with Crippen molar-refractivity contribution in [3.8, 4) is 67.5 Å². The molecule has 0 unspecified atom stereocenters. The van der Waals surface area contributed by atoms with Gasteiger partial charge in [0, 0.05) is 32.8 Å². The molecule has 0 fully saturated rings. The van der Waals surface area contributed by atoms with Gasteiger partial charge in [-0.15, -0.1) is 0 Å². The Morgan fingerprint density at radius 3 is 1.34 bits per heavy atom. The van der Waals surface area contributed by atoms with E-state index in [0.29, 0.717) is 17.5 Å². The number of aromatic nitrogens is 3. The maximum atomic E-state index is 6.66. The van der Waals surface area contributed by atoms with E-state index in [1.807, 2.05) is 60.7 Å². The summed E-state index contributed by atoms with van der Waals surface area (Å²) in [5.41, 5.74) is 11.4. The topological polar surface area (TPSA) is 51.8 Å². The molecule has 0 aliphatic rings. The van der Waals surface area contributed by atoms with Crippen molar-refractivity contribution in [3.63, 3.8) is 0 Å². The van der Waals surface area contributed by atoms with Crippen LogP contribution in [0.1, 0.15) is 0 Å². The van der Waals surface area contributed by atoms with Gasteiger partial charge in [-0.3, -0.25) is 0 Å². The summed E-state index contributed by atoms with van der Waals surface area (Å²) in [6, 6.07) is 65.2. The van der Waals surface area contributed by atoms with Crippen LogP contribution in [-0.2, 0) is 0 Å². The molecule has 0 aliphatic heterocycles. The van der Waals surface area contributed by atoms with Gasteiger partial charge < -0.3 is 4.42 Å². The number of hydrogen-bond acceptors (Lipinski definition) is 4. The Balaban J connectivity index is 1.04. The van der Waals surface area contributed by atoms with Crippen molar-refractivity contribution < 1.29 is 4.42 Å². The van der Waals surface area contributed by atoms with Gasteiger partial charge in [-0.2, -0.15) is 0 Å². The highest BCUT2D eigenvalue weighted by atomic mass is 16.3. The van der Waals surface area contributed by atoms with Gasteiger partial charge in [-0.25, -0.2) is 15.0 Å². The van der Waals surface area contributed by atoms with E-state index in [1.54, 1.807) is 0 Å². The van der Waals surface area contributed by atoms with E-state index in [2.05, 4.69) is 127 Å². The Morgan fingerprint density at radius 2 is 0.736 bits per heavy atom. The van der Waals surface area contributed by atoms with Crippen LogP contribution < -0.4 is 0 Å². The summed E-state index contributed by atoms with van der Waals surface area (Å²) in [5, 5.41) is 4.54. The Kier molecular flexibility index (Phi) is 7.43. The number of nitrogens with zero attached hydrogens (tertiary/aromatic N) is 3. The van der Waals surface area contributed by atoms with Gasteiger partial charge >= 0.3 is 0 Å². The molecule has 4 heteroatoms. The van der Waals surface area contributed by atoms with Crippen LogP contribution in [0.5, 0.6) is 0 Å². The van der Waals surface area contributed by atoms with Crippen LogP contribution >= 0.6 is 0 Å². The van der Waals surface area contributed by atoms with Gasteiger partial charge in [-0.05, 0) is 69.1 Å². The third-order valence-corrected chi connectivity index (χ3v) is 9.91. The number of benzene rings is 8. The average Bonchev–Trinajstić information content (AvgIpc) is 3.62. The van der Waals surface area contributed by atoms with Gasteiger partial charge in [0.25, 0.3) is 0 Å². The highest BCUT2D eigenvalue weighted by molar-refractivity contribution is 6.19. The van der Waals surface area contributed by atoms with Crippen LogP contribution in [0.25, 0.3) is 100 Å². The maximum Gasteiger partial charge on any atom is 0.164 e. The lowest BCUT2D eigenvalue weighted by Crippen LogP contribution is -2.00. The fraction of sp³-hybridized carbons (Fsp3) is 0. The average molecular weight is 678 g/mol. The summed E-state index contributed by atoms with van der Waals surface area (Å²) in [6.45, 7) is 0. The fourth-order valence-corrected chi connectivity index (χ4v) is 7.29. The summed E-state index contributed by atoms with van der Waals surface area (Å²) in [6.07, 6.45) is 0. The predicted octanol–water partition coefficient (Wildman–Crippen LogP) is 12.9. The summed E-state index contributed by atoms with van der Waals surface area (Å²) < 4.78 is 6.66. The molecule has 0 radical (unpaired) electrons. The van der Waals surface area contributed by atoms with E-state index >= 15 is 0 Å². The monoisotopic (exact) mass is 677 g/mol. The van der Waals surface area contributed by atoms with Crippen LogP contribution in [0.15, 0.2) is 192 Å². The lowest BCUT2D eigenvalue weighted by Gasteiger charge is -2.10. The minimum atomic E-state index is 0.633. The van der Waals surface area contributed by atoms with E-state index in [-0.39, 0.29) is 0 Å². The highest BCUT2D eigenvalue weighted by Crippen LogP contribution is 2.41. The molecule has 10 rings (SSSR count). The first kappa shape index (κ1) is 30.6. The minimum Gasteiger partial charge on any atom is -0.455 e. The van der Waals surface area contributed by atoms with E-state index < -0.39 is 0 Å². The molecule has 0 bridgehead atoms. The SMILES string of the molecule is c1ccc(-c2nc(-c3ccccc3)nc(-c3cccc(-c4cccc(-c5ccc6c(c5)oc5c7ccccc7c(-c7ccccc7)cc65)c4)c3)n2)cc1. The zero-order chi connectivity index (χ0) is 35.1. The first-order chi connectivity index (χ1) is 26.2. The van der Waals surface area contributed by atoms with Crippen LogP contribution in [0.2, 0.25) is 0 Å². The maximum absolute atomic E-state index is 6.66. The van der Waals surface area contributed by atoms with Crippen molar-refractivity contribution in [1.82, 2.24) is 15.0 Å². The van der Waals surface area contributed by atoms with Gasteiger partial charge in [0.05, 0.1) is 0 Å². The predicted molar refractivity (Wildman–Crippen MR) is 217 cm³/mol. The molecule has 4 nitrogen and oxygen atoms in total. The molecule has 8 aromatic carbocycles. The Morgan fingerprint density at radius 1 is 0.283 bits per heavy atom. The molecule has 0 spiro atoms. The molecule has 0 atom stereocenters. The van der Waals surface area contributed by atoms with Crippen molar-refractivity contribution in [2.75, 3.05) is 0 Å². The van der Waals surface area contributed by atoms with Crippen LogP contribution in [0, 0.1) is 0 Å². The largest absolute Gasteiger partial charge is 0.455 e. The standard InChI is InChI=1S/C49H31N3O/c1-4-14-32(15-5-1)43-31-44-41-27-26-38(30-45(41)53-46(44)42-25-11-10-24-40(42)43)36-21-12-20-35(28-36)37-22-13-23-39(29-37)49-51-47(33-16-6-2-7-17-33)50-48(52-49)34-18-8-3-9-19-34/h1-31H. The molecule has 53 heavy (non-hydrogen) atoms. The summed E-state index contributed by atoms with van der Waals surface area (Å²) in [5.74, 6) is 1.92.